The standard InChI is InChI=1S/C34H33NO5/c1-5-37-33(36)34(3,4)40-28-19-17-27(18-20-28)38-22-21-31-23(2)39-32(35-31)26-15-13-25(14-16-26)30-12-8-10-24-9-6-7-11-29(24)30/h6-20H,5,21-22H2,1-4H3. The van der Waals surface area contributed by atoms with E-state index < -0.39 is 11.6 Å². The first-order valence-corrected chi connectivity index (χ1v) is 13.5. The average Bonchev–Trinajstić information content (AvgIpc) is 3.34. The van der Waals surface area contributed by atoms with E-state index in [1.807, 2.05) is 19.1 Å². The van der Waals surface area contributed by atoms with E-state index in [1.165, 1.54) is 16.3 Å². The first kappa shape index (κ1) is 27.0. The second-order valence-electron chi connectivity index (χ2n) is 10.0. The largest absolute Gasteiger partial charge is 0.493 e. The van der Waals surface area contributed by atoms with Crippen LogP contribution in [0.2, 0.25) is 0 Å². The van der Waals surface area contributed by atoms with Crippen molar-refractivity contribution in [2.45, 2.75) is 39.7 Å². The number of fused-ring (bicyclic) bond motifs is 1. The topological polar surface area (TPSA) is 70.8 Å². The molecule has 0 fully saturated rings. The summed E-state index contributed by atoms with van der Waals surface area (Å²) >= 11 is 0. The van der Waals surface area contributed by atoms with E-state index in [2.05, 4.69) is 66.7 Å². The predicted molar refractivity (Wildman–Crippen MR) is 157 cm³/mol. The highest BCUT2D eigenvalue weighted by atomic mass is 16.6. The molecule has 0 atom stereocenters. The van der Waals surface area contributed by atoms with E-state index in [-0.39, 0.29) is 0 Å². The van der Waals surface area contributed by atoms with Gasteiger partial charge in [0.2, 0.25) is 5.89 Å². The van der Waals surface area contributed by atoms with Crippen molar-refractivity contribution < 1.29 is 23.4 Å². The molecule has 1 aromatic heterocycles. The maximum atomic E-state index is 12.1. The number of esters is 1. The Kier molecular flexibility index (Phi) is 7.87. The van der Waals surface area contributed by atoms with Gasteiger partial charge in [-0.15, -0.1) is 0 Å². The lowest BCUT2D eigenvalue weighted by Crippen LogP contribution is -2.39. The predicted octanol–water partition coefficient (Wildman–Crippen LogP) is 7.81. The molecule has 4 aromatic carbocycles. The summed E-state index contributed by atoms with van der Waals surface area (Å²) < 4.78 is 22.8. The Balaban J connectivity index is 1.19. The fourth-order valence-corrected chi connectivity index (χ4v) is 4.56. The maximum Gasteiger partial charge on any atom is 0.349 e. The van der Waals surface area contributed by atoms with Gasteiger partial charge in [0.1, 0.15) is 17.3 Å². The van der Waals surface area contributed by atoms with Gasteiger partial charge in [-0.1, -0.05) is 54.6 Å². The third-order valence-corrected chi connectivity index (χ3v) is 6.70. The van der Waals surface area contributed by atoms with Crippen LogP contribution in [0.5, 0.6) is 11.5 Å². The SMILES string of the molecule is CCOC(=O)C(C)(C)Oc1ccc(OCCc2nc(-c3ccc(-c4cccc5ccccc45)cc3)oc2C)cc1. The number of carbonyl (C=O) groups excluding carboxylic acids is 1. The number of hydrogen-bond acceptors (Lipinski definition) is 6. The molecule has 0 radical (unpaired) electrons. The molecule has 0 aliphatic carbocycles. The van der Waals surface area contributed by atoms with Gasteiger partial charge in [-0.2, -0.15) is 0 Å². The van der Waals surface area contributed by atoms with E-state index in [1.54, 1.807) is 32.9 Å². The van der Waals surface area contributed by atoms with Gasteiger partial charge >= 0.3 is 5.97 Å². The number of carbonyl (C=O) groups is 1. The van der Waals surface area contributed by atoms with Crippen molar-refractivity contribution in [3.8, 4) is 34.1 Å². The molecule has 0 aliphatic heterocycles. The first-order chi connectivity index (χ1) is 19.3. The molecule has 0 amide bonds. The number of rotatable bonds is 10. The highest BCUT2D eigenvalue weighted by Crippen LogP contribution is 2.31. The zero-order chi connectivity index (χ0) is 28.1. The van der Waals surface area contributed by atoms with Gasteiger partial charge in [0.05, 0.1) is 18.9 Å². The zero-order valence-electron chi connectivity index (χ0n) is 23.3. The molecule has 0 spiro atoms. The van der Waals surface area contributed by atoms with Gasteiger partial charge in [0, 0.05) is 12.0 Å². The van der Waals surface area contributed by atoms with Crippen LogP contribution < -0.4 is 9.47 Å². The number of benzene rings is 4. The first-order valence-electron chi connectivity index (χ1n) is 13.5. The molecular weight excluding hydrogens is 502 g/mol. The third-order valence-electron chi connectivity index (χ3n) is 6.70. The minimum absolute atomic E-state index is 0.309. The highest BCUT2D eigenvalue weighted by Gasteiger charge is 2.31. The van der Waals surface area contributed by atoms with Crippen LogP contribution in [-0.2, 0) is 16.0 Å². The minimum atomic E-state index is -1.07. The maximum absolute atomic E-state index is 12.1. The van der Waals surface area contributed by atoms with Crippen LogP contribution in [0, 0.1) is 6.92 Å². The minimum Gasteiger partial charge on any atom is -0.493 e. The zero-order valence-corrected chi connectivity index (χ0v) is 23.3. The lowest BCUT2D eigenvalue weighted by molar-refractivity contribution is -0.158. The molecule has 40 heavy (non-hydrogen) atoms. The van der Waals surface area contributed by atoms with Gasteiger partial charge in [0.25, 0.3) is 0 Å². The van der Waals surface area contributed by atoms with Crippen LogP contribution in [-0.4, -0.2) is 29.8 Å². The van der Waals surface area contributed by atoms with Gasteiger partial charge in [-0.25, -0.2) is 9.78 Å². The average molecular weight is 536 g/mol. The van der Waals surface area contributed by atoms with Crippen LogP contribution in [0.1, 0.15) is 32.2 Å². The molecular formula is C34H33NO5. The van der Waals surface area contributed by atoms with Crippen LogP contribution in [0.25, 0.3) is 33.4 Å². The van der Waals surface area contributed by atoms with E-state index in [0.717, 1.165) is 22.6 Å². The highest BCUT2D eigenvalue weighted by molar-refractivity contribution is 5.96. The second-order valence-corrected chi connectivity index (χ2v) is 10.0. The Morgan fingerprint density at radius 3 is 2.27 bits per heavy atom. The molecule has 0 saturated carbocycles. The Bertz CT molecular complexity index is 1600. The number of aryl methyl sites for hydroxylation is 1. The second kappa shape index (κ2) is 11.7. The number of ether oxygens (including phenoxy) is 3. The molecule has 0 unspecified atom stereocenters. The third kappa shape index (κ3) is 6.01. The van der Waals surface area contributed by atoms with E-state index >= 15 is 0 Å². The van der Waals surface area contributed by atoms with Crippen LogP contribution in [0.3, 0.4) is 0 Å². The van der Waals surface area contributed by atoms with Crippen LogP contribution in [0.4, 0.5) is 0 Å². The van der Waals surface area contributed by atoms with Gasteiger partial charge < -0.3 is 18.6 Å². The molecule has 0 aliphatic rings. The number of oxazole rings is 1. The van der Waals surface area contributed by atoms with Crippen molar-refractivity contribution in [1.29, 1.82) is 0 Å². The molecule has 0 bridgehead atoms. The quantitative estimate of drug-likeness (QED) is 0.170. The summed E-state index contributed by atoms with van der Waals surface area (Å²) in [5, 5.41) is 2.45. The molecule has 5 rings (SSSR count). The van der Waals surface area contributed by atoms with E-state index in [9.17, 15) is 4.79 Å². The van der Waals surface area contributed by atoms with Crippen molar-refractivity contribution >= 4 is 16.7 Å². The van der Waals surface area contributed by atoms with Gasteiger partial charge in [-0.3, -0.25) is 0 Å². The Labute approximate surface area is 234 Å². The smallest absolute Gasteiger partial charge is 0.349 e. The molecule has 204 valence electrons. The molecule has 0 saturated heterocycles. The number of nitrogens with zero attached hydrogens (tertiary/aromatic N) is 1. The van der Waals surface area contributed by atoms with Crippen LogP contribution >= 0.6 is 0 Å². The normalized spacial score (nSPS) is 11.4. The van der Waals surface area contributed by atoms with Crippen molar-refractivity contribution in [1.82, 2.24) is 4.98 Å². The molecule has 1 heterocycles. The van der Waals surface area contributed by atoms with E-state index in [4.69, 9.17) is 23.6 Å². The molecule has 0 N–H and O–H groups in total. The Morgan fingerprint density at radius 1 is 0.850 bits per heavy atom. The van der Waals surface area contributed by atoms with Gasteiger partial charge in [0.15, 0.2) is 5.60 Å². The van der Waals surface area contributed by atoms with Crippen molar-refractivity contribution in [3.63, 3.8) is 0 Å². The van der Waals surface area contributed by atoms with E-state index in [0.29, 0.717) is 37.0 Å². The van der Waals surface area contributed by atoms with Crippen LogP contribution in [0.15, 0.2) is 95.4 Å². The number of hydrogen-bond donors (Lipinski definition) is 0. The summed E-state index contributed by atoms with van der Waals surface area (Å²) in [7, 11) is 0. The Morgan fingerprint density at radius 2 is 1.52 bits per heavy atom. The van der Waals surface area contributed by atoms with Crippen molar-refractivity contribution in [2.24, 2.45) is 0 Å². The summed E-state index contributed by atoms with van der Waals surface area (Å²) in [5.74, 6) is 2.24. The summed E-state index contributed by atoms with van der Waals surface area (Å²) in [5.41, 5.74) is 3.08. The molecule has 6 nitrogen and oxygen atoms in total. The van der Waals surface area contributed by atoms with Crippen molar-refractivity contribution in [2.75, 3.05) is 13.2 Å². The van der Waals surface area contributed by atoms with Gasteiger partial charge in [-0.05, 0) is 86.0 Å². The monoisotopic (exact) mass is 535 g/mol. The lowest BCUT2D eigenvalue weighted by atomic mass is 9.97. The summed E-state index contributed by atoms with van der Waals surface area (Å²) in [6.07, 6.45) is 0.609. The van der Waals surface area contributed by atoms with Crippen molar-refractivity contribution in [3.05, 3.63) is 102 Å². The fourth-order valence-electron chi connectivity index (χ4n) is 4.56. The summed E-state index contributed by atoms with van der Waals surface area (Å²) in [6, 6.07) is 30.3. The molecule has 6 heteroatoms. The number of aromatic nitrogens is 1. The lowest BCUT2D eigenvalue weighted by Gasteiger charge is -2.24. The fraction of sp³-hybridized carbons (Fsp3) is 0.235. The summed E-state index contributed by atoms with van der Waals surface area (Å²) in [4.78, 5) is 16.8. The molecule has 5 aromatic rings. The summed E-state index contributed by atoms with van der Waals surface area (Å²) in [6.45, 7) is 7.82. The Hall–Kier alpha value is -4.58.